The van der Waals surface area contributed by atoms with Crippen molar-refractivity contribution in [3.8, 4) is 0 Å². The minimum atomic E-state index is -5.01. The number of Topliss-reactive ketones (excluding diaryl/α,β-unsaturated/α-hetero) is 1. The van der Waals surface area contributed by atoms with Crippen LogP contribution < -0.4 is 16.0 Å². The molecule has 0 heterocycles. The molecule has 0 radical (unpaired) electrons. The van der Waals surface area contributed by atoms with Gasteiger partial charge in [-0.15, -0.1) is 0 Å². The highest BCUT2D eigenvalue weighted by Gasteiger charge is 2.45. The molecule has 0 bridgehead atoms. The number of hydrogen-bond donors (Lipinski definition) is 3. The summed E-state index contributed by atoms with van der Waals surface area (Å²) in [7, 11) is 0. The largest absolute Gasteiger partial charge is 0.407 e. The maximum atomic E-state index is 14.5. The number of alkyl halides is 5. The van der Waals surface area contributed by atoms with Crippen molar-refractivity contribution >= 4 is 17.6 Å². The van der Waals surface area contributed by atoms with E-state index in [1.54, 1.807) is 0 Å². The number of amides is 2. The zero-order valence-corrected chi connectivity index (χ0v) is 20.6. The average Bonchev–Trinajstić information content (AvgIpc) is 3.59. The van der Waals surface area contributed by atoms with Gasteiger partial charge in [0.25, 0.3) is 5.91 Å². The highest BCUT2D eigenvalue weighted by Crippen LogP contribution is 2.35. The maximum absolute atomic E-state index is 14.5. The lowest BCUT2D eigenvalue weighted by atomic mass is 9.97. The van der Waals surface area contributed by atoms with Crippen molar-refractivity contribution in [3.05, 3.63) is 35.6 Å². The Bertz CT molecular complexity index is 871. The Labute approximate surface area is 206 Å². The highest BCUT2D eigenvalue weighted by molar-refractivity contribution is 6.37. The molecule has 2 unspecified atom stereocenters. The third kappa shape index (κ3) is 11.0. The Morgan fingerprint density at radius 2 is 1.53 bits per heavy atom. The van der Waals surface area contributed by atoms with Crippen LogP contribution in [0.15, 0.2) is 24.3 Å². The fraction of sp³-hybridized carbons (Fsp3) is 0.625. The summed E-state index contributed by atoms with van der Waals surface area (Å²) < 4.78 is 83.4. The smallest absolute Gasteiger partial charge is 0.347 e. The Morgan fingerprint density at radius 1 is 0.972 bits per heavy atom. The molecule has 6 nitrogen and oxygen atoms in total. The van der Waals surface area contributed by atoms with Crippen molar-refractivity contribution in [2.24, 2.45) is 5.92 Å². The van der Waals surface area contributed by atoms with Crippen molar-refractivity contribution in [1.29, 1.82) is 0 Å². The maximum Gasteiger partial charge on any atom is 0.407 e. The molecule has 1 aliphatic rings. The molecular weight excluding hydrogens is 492 g/mol. The van der Waals surface area contributed by atoms with Gasteiger partial charge in [0.2, 0.25) is 17.6 Å². The van der Waals surface area contributed by atoms with Gasteiger partial charge in [-0.25, -0.2) is 13.2 Å². The van der Waals surface area contributed by atoms with Gasteiger partial charge in [0, 0.05) is 18.9 Å². The van der Waals surface area contributed by atoms with Gasteiger partial charge in [0.1, 0.15) is 11.9 Å². The van der Waals surface area contributed by atoms with Gasteiger partial charge in [-0.3, -0.25) is 19.7 Å². The van der Waals surface area contributed by atoms with Crippen LogP contribution in [0.25, 0.3) is 0 Å². The second-order valence-corrected chi connectivity index (χ2v) is 8.79. The molecule has 1 aromatic carbocycles. The fourth-order valence-electron chi connectivity index (χ4n) is 3.31. The minimum absolute atomic E-state index is 0.139. The van der Waals surface area contributed by atoms with E-state index < -0.39 is 78.5 Å². The first-order valence-electron chi connectivity index (χ1n) is 11.8. The second kappa shape index (κ2) is 13.6. The number of rotatable bonds is 12. The quantitative estimate of drug-likeness (QED) is 0.278. The molecule has 0 spiro atoms. The van der Waals surface area contributed by atoms with Gasteiger partial charge >= 0.3 is 6.18 Å². The second-order valence-electron chi connectivity index (χ2n) is 8.79. The van der Waals surface area contributed by atoms with Crippen LogP contribution in [0.5, 0.6) is 0 Å². The zero-order valence-electron chi connectivity index (χ0n) is 20.6. The number of hydrogen-bond acceptors (Lipinski definition) is 4. The molecule has 2 amide bonds. The molecule has 12 heteroatoms. The number of halogens is 6. The summed E-state index contributed by atoms with van der Waals surface area (Å²) in [5.41, 5.74) is -0.487. The molecule has 2 atom stereocenters. The van der Waals surface area contributed by atoms with Crippen molar-refractivity contribution in [3.63, 3.8) is 0 Å². The number of nitrogens with one attached hydrogen (secondary N) is 3. The van der Waals surface area contributed by atoms with E-state index in [0.717, 1.165) is 24.3 Å². The number of carbonyl (C=O) groups is 3. The Balaban J connectivity index is 0.00000316. The molecule has 3 N–H and O–H groups in total. The third-order valence-corrected chi connectivity index (χ3v) is 5.01. The van der Waals surface area contributed by atoms with E-state index >= 15 is 0 Å². The van der Waals surface area contributed by atoms with Crippen LogP contribution in [0.2, 0.25) is 0 Å². The van der Waals surface area contributed by atoms with E-state index in [4.69, 9.17) is 0 Å². The predicted molar refractivity (Wildman–Crippen MR) is 122 cm³/mol. The number of carbonyl (C=O) groups excluding carboxylic acids is 3. The van der Waals surface area contributed by atoms with Gasteiger partial charge < -0.3 is 10.6 Å². The summed E-state index contributed by atoms with van der Waals surface area (Å²) in [6.07, 6.45) is -5.58. The molecule has 1 aromatic rings. The summed E-state index contributed by atoms with van der Waals surface area (Å²) in [6, 6.07) is -1.57. The first kappa shape index (κ1) is 31.4. The van der Waals surface area contributed by atoms with E-state index in [2.05, 4.69) is 5.32 Å². The molecule has 204 valence electrons. The summed E-state index contributed by atoms with van der Waals surface area (Å²) >= 11 is 0. The summed E-state index contributed by atoms with van der Waals surface area (Å²) in [5, 5.41) is 6.27. The normalized spacial score (nSPS) is 15.4. The molecule has 1 fully saturated rings. The van der Waals surface area contributed by atoms with E-state index in [0.29, 0.717) is 12.8 Å². The lowest BCUT2D eigenvalue weighted by molar-refractivity contribution is -0.163. The van der Waals surface area contributed by atoms with Crippen molar-refractivity contribution in [1.82, 2.24) is 16.0 Å². The fourth-order valence-corrected chi connectivity index (χ4v) is 3.31. The van der Waals surface area contributed by atoms with E-state index in [1.807, 2.05) is 24.5 Å². The van der Waals surface area contributed by atoms with Crippen molar-refractivity contribution in [2.45, 2.75) is 83.6 Å². The van der Waals surface area contributed by atoms with Crippen molar-refractivity contribution < 1.29 is 40.7 Å². The van der Waals surface area contributed by atoms with E-state index in [-0.39, 0.29) is 6.04 Å². The zero-order chi connectivity index (χ0) is 27.7. The third-order valence-electron chi connectivity index (χ3n) is 5.01. The van der Waals surface area contributed by atoms with E-state index in [1.165, 1.54) is 13.8 Å². The SMILES string of the molecule is CC.CC(C)CC(F)(F)CC(NC(c1ccc(F)cc1)C(F)(F)F)C(=O)NCC(=O)C(=O)NC1CC1. The average molecular weight is 526 g/mol. The Kier molecular flexibility index (Phi) is 11.9. The van der Waals surface area contributed by atoms with Gasteiger partial charge in [-0.2, -0.15) is 13.2 Å². The van der Waals surface area contributed by atoms with Crippen LogP contribution in [0, 0.1) is 11.7 Å². The van der Waals surface area contributed by atoms with Crippen LogP contribution >= 0.6 is 0 Å². The monoisotopic (exact) mass is 525 g/mol. The lowest BCUT2D eigenvalue weighted by Crippen LogP contribution is -2.52. The molecule has 0 aliphatic heterocycles. The molecule has 0 aromatic heterocycles. The summed E-state index contributed by atoms with van der Waals surface area (Å²) in [5.74, 6) is -8.15. The Morgan fingerprint density at radius 3 is 2.00 bits per heavy atom. The Hall–Kier alpha value is -2.63. The van der Waals surface area contributed by atoms with Crippen molar-refractivity contribution in [2.75, 3.05) is 6.54 Å². The van der Waals surface area contributed by atoms with Gasteiger partial charge in [0.15, 0.2) is 0 Å². The van der Waals surface area contributed by atoms with Crippen LogP contribution in [-0.4, -0.2) is 48.3 Å². The number of ketones is 1. The van der Waals surface area contributed by atoms with Crippen LogP contribution in [-0.2, 0) is 14.4 Å². The molecule has 1 aliphatic carbocycles. The predicted octanol–water partition coefficient (Wildman–Crippen LogP) is 4.45. The molecule has 36 heavy (non-hydrogen) atoms. The van der Waals surface area contributed by atoms with E-state index in [9.17, 15) is 40.7 Å². The van der Waals surface area contributed by atoms with Crippen LogP contribution in [0.4, 0.5) is 26.3 Å². The first-order valence-corrected chi connectivity index (χ1v) is 11.8. The van der Waals surface area contributed by atoms with Gasteiger partial charge in [0.05, 0.1) is 12.6 Å². The molecule has 0 saturated heterocycles. The van der Waals surface area contributed by atoms with Crippen LogP contribution in [0.1, 0.15) is 65.0 Å². The molecule has 2 rings (SSSR count). The van der Waals surface area contributed by atoms with Gasteiger partial charge in [-0.1, -0.05) is 39.8 Å². The molecular formula is C24H33F6N3O3. The minimum Gasteiger partial charge on any atom is -0.347 e. The summed E-state index contributed by atoms with van der Waals surface area (Å²) in [4.78, 5) is 36.2. The van der Waals surface area contributed by atoms with Crippen LogP contribution in [0.3, 0.4) is 0 Å². The molecule has 1 saturated carbocycles. The summed E-state index contributed by atoms with van der Waals surface area (Å²) in [6.45, 7) is 6.12. The highest BCUT2D eigenvalue weighted by atomic mass is 19.4. The first-order chi connectivity index (χ1) is 16.7. The topological polar surface area (TPSA) is 87.3 Å². The lowest BCUT2D eigenvalue weighted by Gasteiger charge is -2.30. The number of benzene rings is 1. The van der Waals surface area contributed by atoms with Gasteiger partial charge in [-0.05, 0) is 36.5 Å². The standard InChI is InChI=1S/C22H27F6N3O3.C2H6/c1-12(2)9-21(24,25)10-16(19(33)29-11-17(32)20(34)30-15-7-8-15)31-18(22(26,27)28)13-3-5-14(23)6-4-13;1-2/h3-6,12,15-16,18,31H,7-11H2,1-2H3,(H,29,33)(H,30,34);1-2H3.